The molecule has 0 bridgehead atoms. The molecule has 0 aromatic rings. The van der Waals surface area contributed by atoms with Crippen molar-refractivity contribution < 1.29 is 4.79 Å². The predicted octanol–water partition coefficient (Wildman–Crippen LogP) is 0.978. The van der Waals surface area contributed by atoms with E-state index in [9.17, 15) is 4.79 Å². The first-order chi connectivity index (χ1) is 8.33. The standard InChI is InChI=1S/C13H27N3O/c1-2-3-4-8-15-13(17)6-11-16-10-5-7-14-9-12-16/h14H,2-12H2,1H3,(H,15,17). The van der Waals surface area contributed by atoms with Gasteiger partial charge >= 0.3 is 0 Å². The van der Waals surface area contributed by atoms with Gasteiger partial charge in [0, 0.05) is 32.6 Å². The van der Waals surface area contributed by atoms with Crippen LogP contribution in [0.4, 0.5) is 0 Å². The molecular weight excluding hydrogens is 214 g/mol. The van der Waals surface area contributed by atoms with Crippen LogP contribution in [0.2, 0.25) is 0 Å². The molecule has 1 aliphatic rings. The van der Waals surface area contributed by atoms with Crippen LogP contribution in [-0.4, -0.2) is 50.1 Å². The Hall–Kier alpha value is -0.610. The molecule has 100 valence electrons. The molecule has 0 aliphatic carbocycles. The van der Waals surface area contributed by atoms with E-state index in [1.165, 1.54) is 19.3 Å². The van der Waals surface area contributed by atoms with Crippen LogP contribution >= 0.6 is 0 Å². The van der Waals surface area contributed by atoms with Gasteiger partial charge in [0.15, 0.2) is 0 Å². The van der Waals surface area contributed by atoms with Crippen molar-refractivity contribution in [3.8, 4) is 0 Å². The highest BCUT2D eigenvalue weighted by molar-refractivity contribution is 5.75. The minimum Gasteiger partial charge on any atom is -0.356 e. The predicted molar refractivity (Wildman–Crippen MR) is 71.1 cm³/mol. The summed E-state index contributed by atoms with van der Waals surface area (Å²) in [6, 6.07) is 0. The van der Waals surface area contributed by atoms with E-state index < -0.39 is 0 Å². The summed E-state index contributed by atoms with van der Waals surface area (Å²) in [7, 11) is 0. The van der Waals surface area contributed by atoms with E-state index in [4.69, 9.17) is 0 Å². The Morgan fingerprint density at radius 3 is 3.00 bits per heavy atom. The van der Waals surface area contributed by atoms with Gasteiger partial charge in [-0.2, -0.15) is 0 Å². The SMILES string of the molecule is CCCCCNC(=O)CCN1CCCNCC1. The fraction of sp³-hybridized carbons (Fsp3) is 0.923. The van der Waals surface area contributed by atoms with Gasteiger partial charge in [-0.1, -0.05) is 19.8 Å². The van der Waals surface area contributed by atoms with Crippen molar-refractivity contribution >= 4 is 5.91 Å². The first kappa shape index (κ1) is 14.5. The van der Waals surface area contributed by atoms with Gasteiger partial charge in [0.25, 0.3) is 0 Å². The summed E-state index contributed by atoms with van der Waals surface area (Å²) in [5.74, 6) is 0.207. The summed E-state index contributed by atoms with van der Waals surface area (Å²) in [6.45, 7) is 8.28. The number of carbonyl (C=O) groups is 1. The Morgan fingerprint density at radius 1 is 1.29 bits per heavy atom. The van der Waals surface area contributed by atoms with Crippen LogP contribution in [0.5, 0.6) is 0 Å². The lowest BCUT2D eigenvalue weighted by molar-refractivity contribution is -0.121. The molecule has 1 saturated heterocycles. The second kappa shape index (κ2) is 9.42. The van der Waals surface area contributed by atoms with Crippen molar-refractivity contribution in [2.24, 2.45) is 0 Å². The normalized spacial score (nSPS) is 17.7. The van der Waals surface area contributed by atoms with E-state index >= 15 is 0 Å². The lowest BCUT2D eigenvalue weighted by atomic mass is 10.2. The fourth-order valence-corrected chi connectivity index (χ4v) is 2.08. The van der Waals surface area contributed by atoms with E-state index in [1.807, 2.05) is 0 Å². The number of nitrogens with one attached hydrogen (secondary N) is 2. The van der Waals surface area contributed by atoms with Crippen molar-refractivity contribution in [2.45, 2.75) is 39.0 Å². The summed E-state index contributed by atoms with van der Waals surface area (Å²) in [4.78, 5) is 14.0. The largest absolute Gasteiger partial charge is 0.356 e. The van der Waals surface area contributed by atoms with Gasteiger partial charge in [-0.15, -0.1) is 0 Å². The number of amides is 1. The minimum absolute atomic E-state index is 0.207. The van der Waals surface area contributed by atoms with E-state index in [1.54, 1.807) is 0 Å². The molecule has 0 radical (unpaired) electrons. The molecule has 17 heavy (non-hydrogen) atoms. The smallest absolute Gasteiger partial charge is 0.221 e. The van der Waals surface area contributed by atoms with Gasteiger partial charge in [0.05, 0.1) is 0 Å². The second-order valence-corrected chi connectivity index (χ2v) is 4.75. The molecule has 0 aromatic heterocycles. The van der Waals surface area contributed by atoms with E-state index in [0.717, 1.165) is 45.7 Å². The summed E-state index contributed by atoms with van der Waals surface area (Å²) >= 11 is 0. The quantitative estimate of drug-likeness (QED) is 0.653. The topological polar surface area (TPSA) is 44.4 Å². The third-order valence-corrected chi connectivity index (χ3v) is 3.19. The van der Waals surface area contributed by atoms with E-state index in [0.29, 0.717) is 6.42 Å². The first-order valence-corrected chi connectivity index (χ1v) is 7.02. The molecule has 1 amide bonds. The van der Waals surface area contributed by atoms with Crippen LogP contribution in [0, 0.1) is 0 Å². The molecule has 2 N–H and O–H groups in total. The number of rotatable bonds is 7. The van der Waals surface area contributed by atoms with Crippen molar-refractivity contribution in [3.63, 3.8) is 0 Å². The van der Waals surface area contributed by atoms with Crippen LogP contribution in [0.25, 0.3) is 0 Å². The van der Waals surface area contributed by atoms with Gasteiger partial charge in [0.1, 0.15) is 0 Å². The number of unbranched alkanes of at least 4 members (excludes halogenated alkanes) is 2. The summed E-state index contributed by atoms with van der Waals surface area (Å²) in [6.07, 6.45) is 5.36. The summed E-state index contributed by atoms with van der Waals surface area (Å²) in [5, 5.41) is 6.36. The summed E-state index contributed by atoms with van der Waals surface area (Å²) in [5.41, 5.74) is 0. The molecule has 0 saturated carbocycles. The average molecular weight is 241 g/mol. The zero-order valence-corrected chi connectivity index (χ0v) is 11.1. The number of hydrogen-bond donors (Lipinski definition) is 2. The van der Waals surface area contributed by atoms with Crippen LogP contribution in [-0.2, 0) is 4.79 Å². The highest BCUT2D eigenvalue weighted by Gasteiger charge is 2.09. The molecular formula is C13H27N3O. The maximum absolute atomic E-state index is 11.6. The van der Waals surface area contributed by atoms with Crippen molar-refractivity contribution in [3.05, 3.63) is 0 Å². The van der Waals surface area contributed by atoms with Crippen LogP contribution in [0.3, 0.4) is 0 Å². The van der Waals surface area contributed by atoms with E-state index in [-0.39, 0.29) is 5.91 Å². The molecule has 1 fully saturated rings. The molecule has 0 atom stereocenters. The maximum Gasteiger partial charge on any atom is 0.221 e. The number of hydrogen-bond acceptors (Lipinski definition) is 3. The van der Waals surface area contributed by atoms with Crippen LogP contribution < -0.4 is 10.6 Å². The highest BCUT2D eigenvalue weighted by atomic mass is 16.1. The zero-order valence-electron chi connectivity index (χ0n) is 11.1. The Bertz CT molecular complexity index is 201. The summed E-state index contributed by atoms with van der Waals surface area (Å²) < 4.78 is 0. The number of carbonyl (C=O) groups excluding carboxylic acids is 1. The molecule has 1 heterocycles. The van der Waals surface area contributed by atoms with Crippen LogP contribution in [0.15, 0.2) is 0 Å². The van der Waals surface area contributed by atoms with Crippen molar-refractivity contribution in [2.75, 3.05) is 39.3 Å². The molecule has 0 spiro atoms. The molecule has 0 aromatic carbocycles. The molecule has 4 nitrogen and oxygen atoms in total. The minimum atomic E-state index is 0.207. The Morgan fingerprint density at radius 2 is 2.18 bits per heavy atom. The van der Waals surface area contributed by atoms with E-state index in [2.05, 4.69) is 22.5 Å². The van der Waals surface area contributed by atoms with Gasteiger partial charge in [-0.3, -0.25) is 4.79 Å². The molecule has 4 heteroatoms. The molecule has 1 aliphatic heterocycles. The Kier molecular flexibility index (Phi) is 8.01. The number of nitrogens with zero attached hydrogens (tertiary/aromatic N) is 1. The van der Waals surface area contributed by atoms with Gasteiger partial charge < -0.3 is 15.5 Å². The fourth-order valence-electron chi connectivity index (χ4n) is 2.08. The van der Waals surface area contributed by atoms with Gasteiger partial charge in [-0.25, -0.2) is 0 Å². The van der Waals surface area contributed by atoms with Gasteiger partial charge in [-0.05, 0) is 25.9 Å². The Balaban J connectivity index is 2.01. The van der Waals surface area contributed by atoms with Crippen molar-refractivity contribution in [1.29, 1.82) is 0 Å². The van der Waals surface area contributed by atoms with Gasteiger partial charge in [0.2, 0.25) is 5.91 Å². The maximum atomic E-state index is 11.6. The molecule has 0 unspecified atom stereocenters. The Labute approximate surface area is 105 Å². The molecule has 1 rings (SSSR count). The third kappa shape index (κ3) is 7.34. The van der Waals surface area contributed by atoms with Crippen molar-refractivity contribution in [1.82, 2.24) is 15.5 Å². The first-order valence-electron chi connectivity index (χ1n) is 7.02. The lowest BCUT2D eigenvalue weighted by Crippen LogP contribution is -2.33. The third-order valence-electron chi connectivity index (χ3n) is 3.19. The lowest BCUT2D eigenvalue weighted by Gasteiger charge is -2.18. The highest BCUT2D eigenvalue weighted by Crippen LogP contribution is 1.97. The average Bonchev–Trinajstić information content (AvgIpc) is 2.60. The second-order valence-electron chi connectivity index (χ2n) is 4.75. The zero-order chi connectivity index (χ0) is 12.3. The van der Waals surface area contributed by atoms with Crippen LogP contribution in [0.1, 0.15) is 39.0 Å². The monoisotopic (exact) mass is 241 g/mol.